The van der Waals surface area contributed by atoms with Crippen molar-refractivity contribution < 1.29 is 13.2 Å². The Hall–Kier alpha value is -1.45. The molecule has 1 aliphatic rings. The molecule has 24 heavy (non-hydrogen) atoms. The van der Waals surface area contributed by atoms with Crippen molar-refractivity contribution >= 4 is 22.2 Å². The van der Waals surface area contributed by atoms with E-state index in [1.165, 1.54) is 4.31 Å². The van der Waals surface area contributed by atoms with Crippen LogP contribution in [0.3, 0.4) is 0 Å². The summed E-state index contributed by atoms with van der Waals surface area (Å²) in [5.74, 6) is 0.810. The molecular weight excluding hydrogens is 330 g/mol. The second-order valence-electron chi connectivity index (χ2n) is 5.72. The molecular formula is C15H29N5O3S. The van der Waals surface area contributed by atoms with Gasteiger partial charge in [-0.2, -0.15) is 4.31 Å². The van der Waals surface area contributed by atoms with Crippen LogP contribution in [0.1, 0.15) is 20.8 Å². The number of sulfonamides is 1. The molecule has 0 spiro atoms. The SMILES string of the molecule is CCS(=O)(=O)N1CCN(C(=N/C=N)/C(C)=C/N[C@H](C)COC)CC1. The lowest BCUT2D eigenvalue weighted by Crippen LogP contribution is -2.51. The normalized spacial score (nSPS) is 19.2. The van der Waals surface area contributed by atoms with Crippen LogP contribution in [0.25, 0.3) is 0 Å². The zero-order valence-electron chi connectivity index (χ0n) is 14.9. The Morgan fingerprint density at radius 1 is 1.38 bits per heavy atom. The van der Waals surface area contributed by atoms with Crippen molar-refractivity contribution in [1.82, 2.24) is 14.5 Å². The van der Waals surface area contributed by atoms with Crippen molar-refractivity contribution in [3.8, 4) is 0 Å². The highest BCUT2D eigenvalue weighted by molar-refractivity contribution is 7.89. The van der Waals surface area contributed by atoms with E-state index in [0.717, 1.165) is 11.9 Å². The Kier molecular flexibility index (Phi) is 8.37. The molecule has 0 aromatic heterocycles. The summed E-state index contributed by atoms with van der Waals surface area (Å²) >= 11 is 0. The van der Waals surface area contributed by atoms with Crippen LogP contribution in [0.4, 0.5) is 0 Å². The average molecular weight is 359 g/mol. The number of amidine groups is 1. The lowest BCUT2D eigenvalue weighted by molar-refractivity contribution is 0.177. The maximum Gasteiger partial charge on any atom is 0.213 e. The van der Waals surface area contributed by atoms with E-state index in [1.54, 1.807) is 14.0 Å². The maximum atomic E-state index is 11.9. The molecule has 1 aliphatic heterocycles. The van der Waals surface area contributed by atoms with Crippen molar-refractivity contribution in [2.24, 2.45) is 4.99 Å². The van der Waals surface area contributed by atoms with Crippen LogP contribution in [0.2, 0.25) is 0 Å². The first-order valence-corrected chi connectivity index (χ1v) is 9.68. The molecule has 9 heteroatoms. The molecule has 138 valence electrons. The third-order valence-corrected chi connectivity index (χ3v) is 5.72. The summed E-state index contributed by atoms with van der Waals surface area (Å²) < 4.78 is 30.5. The minimum Gasteiger partial charge on any atom is -0.386 e. The molecule has 0 aromatic rings. The predicted molar refractivity (Wildman–Crippen MR) is 97.1 cm³/mol. The largest absolute Gasteiger partial charge is 0.386 e. The van der Waals surface area contributed by atoms with Crippen LogP contribution in [0, 0.1) is 5.41 Å². The minimum absolute atomic E-state index is 0.120. The van der Waals surface area contributed by atoms with Crippen LogP contribution in [-0.4, -0.2) is 81.5 Å². The van der Waals surface area contributed by atoms with Gasteiger partial charge in [-0.05, 0) is 20.8 Å². The number of methoxy groups -OCH3 is 1. The standard InChI is InChI=1S/C15H29N5O3S/c1-5-24(21,22)20-8-6-19(7-9-20)15(18-12-16)13(2)10-17-14(3)11-23-4/h10,12,14,16-17H,5-9,11H2,1-4H3/b13-10+,16-12?,18-15+/t14-/m1/s1. The van der Waals surface area contributed by atoms with Gasteiger partial charge in [-0.25, -0.2) is 13.4 Å². The molecule has 1 atom stereocenters. The second kappa shape index (κ2) is 9.75. The Balaban J connectivity index is 2.75. The summed E-state index contributed by atoms with van der Waals surface area (Å²) in [4.78, 5) is 6.17. The number of hydrogen-bond donors (Lipinski definition) is 2. The molecule has 0 aliphatic carbocycles. The highest BCUT2D eigenvalue weighted by atomic mass is 32.2. The summed E-state index contributed by atoms with van der Waals surface area (Å²) in [6.07, 6.45) is 2.88. The second-order valence-corrected chi connectivity index (χ2v) is 7.98. The zero-order chi connectivity index (χ0) is 18.2. The molecule has 0 radical (unpaired) electrons. The van der Waals surface area contributed by atoms with Crippen LogP contribution in [0.15, 0.2) is 16.8 Å². The molecule has 0 bridgehead atoms. The van der Waals surface area contributed by atoms with Crippen molar-refractivity contribution in [1.29, 1.82) is 5.41 Å². The quantitative estimate of drug-likeness (QED) is 0.485. The molecule has 1 heterocycles. The summed E-state index contributed by atoms with van der Waals surface area (Å²) in [7, 11) is -1.50. The average Bonchev–Trinajstić information content (AvgIpc) is 2.58. The third kappa shape index (κ3) is 5.88. The Morgan fingerprint density at radius 2 is 2.00 bits per heavy atom. The van der Waals surface area contributed by atoms with Gasteiger partial charge < -0.3 is 15.0 Å². The van der Waals surface area contributed by atoms with E-state index in [-0.39, 0.29) is 11.8 Å². The van der Waals surface area contributed by atoms with Gasteiger partial charge in [-0.1, -0.05) is 0 Å². The lowest BCUT2D eigenvalue weighted by atomic mass is 10.2. The van der Waals surface area contributed by atoms with Crippen LogP contribution < -0.4 is 5.32 Å². The topological polar surface area (TPSA) is 98.1 Å². The van der Waals surface area contributed by atoms with Gasteiger partial charge in [0.2, 0.25) is 10.0 Å². The van der Waals surface area contributed by atoms with Gasteiger partial charge in [0, 0.05) is 51.1 Å². The van der Waals surface area contributed by atoms with Crippen molar-refractivity contribution in [3.63, 3.8) is 0 Å². The van der Waals surface area contributed by atoms with Gasteiger partial charge in [-0.3, -0.25) is 5.41 Å². The van der Waals surface area contributed by atoms with Gasteiger partial charge in [0.25, 0.3) is 0 Å². The smallest absolute Gasteiger partial charge is 0.213 e. The predicted octanol–water partition coefficient (Wildman–Crippen LogP) is 0.488. The molecule has 1 rings (SSSR count). The van der Waals surface area contributed by atoms with Crippen molar-refractivity contribution in [2.75, 3.05) is 45.6 Å². The minimum atomic E-state index is -3.15. The molecule has 0 amide bonds. The van der Waals surface area contributed by atoms with Crippen LogP contribution in [0.5, 0.6) is 0 Å². The van der Waals surface area contributed by atoms with E-state index in [2.05, 4.69) is 10.3 Å². The molecule has 1 fully saturated rings. The fraction of sp³-hybridized carbons (Fsp3) is 0.733. The van der Waals surface area contributed by atoms with Crippen LogP contribution >= 0.6 is 0 Å². The summed E-state index contributed by atoms with van der Waals surface area (Å²) in [6, 6.07) is 0.165. The third-order valence-electron chi connectivity index (χ3n) is 3.84. The number of piperazine rings is 1. The summed E-state index contributed by atoms with van der Waals surface area (Å²) in [5, 5.41) is 10.5. The van der Waals surface area contributed by atoms with Gasteiger partial charge >= 0.3 is 0 Å². The number of aliphatic imine (C=N–C) groups is 1. The molecule has 0 aromatic carbocycles. The Bertz CT molecular complexity index is 566. The number of rotatable bonds is 8. The molecule has 0 saturated carbocycles. The fourth-order valence-electron chi connectivity index (χ4n) is 2.48. The first-order chi connectivity index (χ1) is 11.4. The van der Waals surface area contributed by atoms with E-state index < -0.39 is 10.0 Å². The van der Waals surface area contributed by atoms with E-state index >= 15 is 0 Å². The molecule has 0 unspecified atom stereocenters. The molecule has 8 nitrogen and oxygen atoms in total. The van der Waals surface area contributed by atoms with Crippen molar-refractivity contribution in [3.05, 3.63) is 11.8 Å². The van der Waals surface area contributed by atoms with Crippen molar-refractivity contribution in [2.45, 2.75) is 26.8 Å². The zero-order valence-corrected chi connectivity index (χ0v) is 15.8. The van der Waals surface area contributed by atoms with E-state index in [4.69, 9.17) is 10.1 Å². The maximum absolute atomic E-state index is 11.9. The highest BCUT2D eigenvalue weighted by Crippen LogP contribution is 2.11. The monoisotopic (exact) mass is 359 g/mol. The number of nitrogens with zero attached hydrogens (tertiary/aromatic N) is 3. The van der Waals surface area contributed by atoms with Gasteiger partial charge in [0.05, 0.1) is 12.4 Å². The summed E-state index contributed by atoms with van der Waals surface area (Å²) in [5.41, 5.74) is 0.897. The number of hydrogen-bond acceptors (Lipinski definition) is 5. The fourth-order valence-corrected chi connectivity index (χ4v) is 3.57. The highest BCUT2D eigenvalue weighted by Gasteiger charge is 2.27. The number of nitrogens with one attached hydrogen (secondary N) is 2. The van der Waals surface area contributed by atoms with E-state index in [9.17, 15) is 8.42 Å². The first-order valence-electron chi connectivity index (χ1n) is 8.07. The molecule has 2 N–H and O–H groups in total. The van der Waals surface area contributed by atoms with E-state index in [1.807, 2.05) is 24.9 Å². The van der Waals surface area contributed by atoms with Gasteiger partial charge in [-0.15, -0.1) is 0 Å². The first kappa shape index (κ1) is 20.6. The van der Waals surface area contributed by atoms with Crippen LogP contribution in [-0.2, 0) is 14.8 Å². The van der Waals surface area contributed by atoms with Gasteiger partial charge in [0.1, 0.15) is 12.2 Å². The molecule has 1 saturated heterocycles. The Morgan fingerprint density at radius 3 is 2.50 bits per heavy atom. The van der Waals surface area contributed by atoms with Gasteiger partial charge in [0.15, 0.2) is 0 Å². The van der Waals surface area contributed by atoms with E-state index in [0.29, 0.717) is 38.6 Å². The lowest BCUT2D eigenvalue weighted by Gasteiger charge is -2.35. The summed E-state index contributed by atoms with van der Waals surface area (Å²) in [6.45, 7) is 8.17. The Labute approximate surface area is 145 Å². The number of ether oxygens (including phenoxy) is 1.